The van der Waals surface area contributed by atoms with Crippen LogP contribution in [0.3, 0.4) is 0 Å². The largest absolute Gasteiger partial charge is 0.497 e. The zero-order valence-corrected chi connectivity index (χ0v) is 17.8. The molecule has 3 rings (SSSR count). The molecule has 1 unspecified atom stereocenters. The molecule has 0 saturated carbocycles. The van der Waals surface area contributed by atoms with Gasteiger partial charge in [-0.3, -0.25) is 9.69 Å². The van der Waals surface area contributed by atoms with Crippen LogP contribution in [0.15, 0.2) is 42.5 Å². The second-order valence-electron chi connectivity index (χ2n) is 6.99. The molecule has 1 heterocycles. The fourth-order valence-electron chi connectivity index (χ4n) is 3.40. The van der Waals surface area contributed by atoms with Crippen LogP contribution in [0, 0.1) is 0 Å². The second-order valence-corrected chi connectivity index (χ2v) is 7.43. The summed E-state index contributed by atoms with van der Waals surface area (Å²) in [6.07, 6.45) is -0.539. The predicted molar refractivity (Wildman–Crippen MR) is 113 cm³/mol. The molecule has 6 nitrogen and oxygen atoms in total. The maximum absolute atomic E-state index is 12.8. The summed E-state index contributed by atoms with van der Waals surface area (Å²) >= 11 is 6.13. The third kappa shape index (κ3) is 5.55. The second kappa shape index (κ2) is 9.85. The fraction of sp³-hybridized carbons (Fsp3) is 0.409. The Kier molecular flexibility index (Phi) is 7.23. The summed E-state index contributed by atoms with van der Waals surface area (Å²) in [4.78, 5) is 16.9. The van der Waals surface area contributed by atoms with Gasteiger partial charge in [-0.15, -0.1) is 0 Å². The molecular formula is C22H27ClN2O4. The first-order valence-electron chi connectivity index (χ1n) is 9.64. The minimum atomic E-state index is -0.539. The van der Waals surface area contributed by atoms with Gasteiger partial charge in [0.2, 0.25) is 0 Å². The number of benzene rings is 2. The van der Waals surface area contributed by atoms with E-state index in [0.717, 1.165) is 36.7 Å². The Labute approximate surface area is 176 Å². The van der Waals surface area contributed by atoms with Crippen molar-refractivity contribution in [3.05, 3.63) is 53.1 Å². The number of piperazine rings is 1. The molecule has 156 valence electrons. The Morgan fingerprint density at radius 3 is 2.28 bits per heavy atom. The van der Waals surface area contributed by atoms with Crippen molar-refractivity contribution in [2.45, 2.75) is 19.6 Å². The lowest BCUT2D eigenvalue weighted by Crippen LogP contribution is -2.51. The van der Waals surface area contributed by atoms with Crippen molar-refractivity contribution in [3.63, 3.8) is 0 Å². The molecule has 1 fully saturated rings. The number of halogens is 1. The predicted octanol–water partition coefficient (Wildman–Crippen LogP) is 3.47. The zero-order chi connectivity index (χ0) is 20.8. The lowest BCUT2D eigenvalue weighted by Gasteiger charge is -2.36. The molecule has 1 amide bonds. The van der Waals surface area contributed by atoms with Gasteiger partial charge >= 0.3 is 0 Å². The molecule has 0 aliphatic carbocycles. The van der Waals surface area contributed by atoms with Gasteiger partial charge < -0.3 is 19.1 Å². The zero-order valence-electron chi connectivity index (χ0n) is 17.1. The Bertz CT molecular complexity index is 820. The van der Waals surface area contributed by atoms with E-state index in [2.05, 4.69) is 4.90 Å². The summed E-state index contributed by atoms with van der Waals surface area (Å²) in [5.41, 5.74) is 1.05. The first-order chi connectivity index (χ1) is 14.0. The van der Waals surface area contributed by atoms with E-state index in [4.69, 9.17) is 25.8 Å². The summed E-state index contributed by atoms with van der Waals surface area (Å²) in [6, 6.07) is 12.9. The van der Waals surface area contributed by atoms with Crippen molar-refractivity contribution in [3.8, 4) is 17.2 Å². The van der Waals surface area contributed by atoms with Crippen molar-refractivity contribution in [2.24, 2.45) is 0 Å². The number of nitrogens with zero attached hydrogens (tertiary/aromatic N) is 2. The highest BCUT2D eigenvalue weighted by Gasteiger charge is 2.26. The van der Waals surface area contributed by atoms with Gasteiger partial charge in [0, 0.05) is 43.3 Å². The molecular weight excluding hydrogens is 392 g/mol. The molecule has 2 aromatic carbocycles. The van der Waals surface area contributed by atoms with Crippen LogP contribution in [0.25, 0.3) is 0 Å². The van der Waals surface area contributed by atoms with E-state index < -0.39 is 6.10 Å². The molecule has 29 heavy (non-hydrogen) atoms. The number of amides is 1. The standard InChI is InChI=1S/C22H27ClN2O4/c1-16(29-20-7-5-19(27-2)6-8-20)22(26)25-12-10-24(11-13-25)15-17-14-18(23)4-9-21(17)28-3/h4-9,14,16H,10-13,15H2,1-3H3. The van der Waals surface area contributed by atoms with E-state index in [-0.39, 0.29) is 5.91 Å². The molecule has 0 aromatic heterocycles. The molecule has 0 radical (unpaired) electrons. The Hall–Kier alpha value is -2.44. The van der Waals surface area contributed by atoms with Gasteiger partial charge in [0.05, 0.1) is 14.2 Å². The average Bonchev–Trinajstić information content (AvgIpc) is 2.74. The molecule has 0 N–H and O–H groups in total. The molecule has 0 bridgehead atoms. The summed E-state index contributed by atoms with van der Waals surface area (Å²) in [6.45, 7) is 5.43. The topological polar surface area (TPSA) is 51.2 Å². The lowest BCUT2D eigenvalue weighted by molar-refractivity contribution is -0.139. The molecule has 2 aromatic rings. The van der Waals surface area contributed by atoms with E-state index >= 15 is 0 Å². The van der Waals surface area contributed by atoms with Crippen LogP contribution in [0.4, 0.5) is 0 Å². The van der Waals surface area contributed by atoms with Crippen LogP contribution >= 0.6 is 11.6 Å². The minimum Gasteiger partial charge on any atom is -0.497 e. The van der Waals surface area contributed by atoms with Crippen LogP contribution in [0.2, 0.25) is 5.02 Å². The maximum atomic E-state index is 12.8. The normalized spacial score (nSPS) is 15.7. The summed E-state index contributed by atoms with van der Waals surface area (Å²) < 4.78 is 16.4. The van der Waals surface area contributed by atoms with Crippen molar-refractivity contribution < 1.29 is 19.0 Å². The van der Waals surface area contributed by atoms with Crippen molar-refractivity contribution >= 4 is 17.5 Å². The highest BCUT2D eigenvalue weighted by Crippen LogP contribution is 2.25. The Morgan fingerprint density at radius 2 is 1.66 bits per heavy atom. The van der Waals surface area contributed by atoms with Gasteiger partial charge in [-0.25, -0.2) is 0 Å². The highest BCUT2D eigenvalue weighted by molar-refractivity contribution is 6.30. The van der Waals surface area contributed by atoms with Gasteiger partial charge in [-0.2, -0.15) is 0 Å². The quantitative estimate of drug-likeness (QED) is 0.689. The first kappa shape index (κ1) is 21.3. The number of ether oxygens (including phenoxy) is 3. The maximum Gasteiger partial charge on any atom is 0.263 e. The number of carbonyl (C=O) groups excluding carboxylic acids is 1. The molecule has 1 atom stereocenters. The van der Waals surface area contributed by atoms with Crippen LogP contribution in [-0.2, 0) is 11.3 Å². The van der Waals surface area contributed by atoms with Crippen LogP contribution < -0.4 is 14.2 Å². The van der Waals surface area contributed by atoms with E-state index in [0.29, 0.717) is 23.9 Å². The van der Waals surface area contributed by atoms with Gasteiger partial charge in [0.15, 0.2) is 6.10 Å². The molecule has 1 saturated heterocycles. The minimum absolute atomic E-state index is 0.000745. The third-order valence-corrected chi connectivity index (χ3v) is 5.28. The molecule has 7 heteroatoms. The van der Waals surface area contributed by atoms with Gasteiger partial charge in [-0.05, 0) is 49.4 Å². The number of methoxy groups -OCH3 is 2. The summed E-state index contributed by atoms with van der Waals surface area (Å²) in [7, 11) is 3.28. The van der Waals surface area contributed by atoms with Crippen molar-refractivity contribution in [1.82, 2.24) is 9.80 Å². The smallest absolute Gasteiger partial charge is 0.263 e. The van der Waals surface area contributed by atoms with Crippen LogP contribution in [-0.4, -0.2) is 62.2 Å². The summed E-state index contributed by atoms with van der Waals surface area (Å²) in [5, 5.41) is 0.694. The summed E-state index contributed by atoms with van der Waals surface area (Å²) in [5.74, 6) is 2.23. The van der Waals surface area contributed by atoms with E-state index in [1.54, 1.807) is 33.3 Å². The average molecular weight is 419 g/mol. The van der Waals surface area contributed by atoms with E-state index in [9.17, 15) is 4.79 Å². The lowest BCUT2D eigenvalue weighted by atomic mass is 10.1. The molecule has 1 aliphatic rings. The van der Waals surface area contributed by atoms with Crippen LogP contribution in [0.1, 0.15) is 12.5 Å². The van der Waals surface area contributed by atoms with E-state index in [1.807, 2.05) is 35.2 Å². The Balaban J connectivity index is 1.51. The van der Waals surface area contributed by atoms with Crippen molar-refractivity contribution in [2.75, 3.05) is 40.4 Å². The van der Waals surface area contributed by atoms with E-state index in [1.165, 1.54) is 0 Å². The van der Waals surface area contributed by atoms with Gasteiger partial charge in [-0.1, -0.05) is 11.6 Å². The first-order valence-corrected chi connectivity index (χ1v) is 10.0. The van der Waals surface area contributed by atoms with Crippen LogP contribution in [0.5, 0.6) is 17.2 Å². The highest BCUT2D eigenvalue weighted by atomic mass is 35.5. The van der Waals surface area contributed by atoms with Crippen molar-refractivity contribution in [1.29, 1.82) is 0 Å². The Morgan fingerprint density at radius 1 is 1.00 bits per heavy atom. The van der Waals surface area contributed by atoms with Gasteiger partial charge in [0.1, 0.15) is 17.2 Å². The molecule has 1 aliphatic heterocycles. The number of carbonyl (C=O) groups is 1. The number of rotatable bonds is 7. The molecule has 0 spiro atoms. The van der Waals surface area contributed by atoms with Gasteiger partial charge in [0.25, 0.3) is 5.91 Å². The number of hydrogen-bond donors (Lipinski definition) is 0. The number of hydrogen-bond acceptors (Lipinski definition) is 5. The fourth-order valence-corrected chi connectivity index (χ4v) is 3.60. The SMILES string of the molecule is COc1ccc(OC(C)C(=O)N2CCN(Cc3cc(Cl)ccc3OC)CC2)cc1. The third-order valence-electron chi connectivity index (χ3n) is 5.04. The monoisotopic (exact) mass is 418 g/mol.